The summed E-state index contributed by atoms with van der Waals surface area (Å²) < 4.78 is 460. The number of benzene rings is 1. The van der Waals surface area contributed by atoms with Crippen LogP contribution in [0.3, 0.4) is 0 Å². The van der Waals surface area contributed by atoms with Crippen molar-refractivity contribution in [2.24, 2.45) is 0 Å². The van der Waals surface area contributed by atoms with Gasteiger partial charge in [-0.2, -0.15) is 149 Å². The molecule has 0 amide bonds. The third kappa shape index (κ3) is 7.50. The van der Waals surface area contributed by atoms with Gasteiger partial charge in [-0.3, -0.25) is 0 Å². The van der Waals surface area contributed by atoms with Crippen LogP contribution < -0.4 is 9.47 Å². The summed E-state index contributed by atoms with van der Waals surface area (Å²) >= 11 is 0. The minimum absolute atomic E-state index is 0.129. The minimum Gasteiger partial charge on any atom is -0.430 e. The fourth-order valence-corrected chi connectivity index (χ4v) is 3.35. The first-order valence-electron chi connectivity index (χ1n) is 13.1. The molecule has 0 fully saturated rings. The summed E-state index contributed by atoms with van der Waals surface area (Å²) in [5.74, 6) is -119. The standard InChI is InChI=1S/C24H4F34O2/c25-7(11(29,30)13(33,34)15(37,38)17(41,42)19(45,46)21(49,50)23(53,54)55)9(27)59-5-2-1-3-6(4-5)60-10(28)8(26)12(31,32)14(35,36)16(39,40)18(43,44)20(47,48)22(51,52)24(56,57)58/h1-4H. The first kappa shape index (κ1) is 53.9. The Labute approximate surface area is 302 Å². The van der Waals surface area contributed by atoms with Gasteiger partial charge in [0.1, 0.15) is 11.5 Å². The smallest absolute Gasteiger partial charge is 0.430 e. The third-order valence-electron chi connectivity index (χ3n) is 6.77. The van der Waals surface area contributed by atoms with Crippen molar-refractivity contribution in [3.05, 3.63) is 47.9 Å². The number of hydrogen-bond donors (Lipinski definition) is 0. The van der Waals surface area contributed by atoms with Crippen molar-refractivity contribution in [3.8, 4) is 11.5 Å². The molecule has 36 heteroatoms. The number of alkyl halides is 30. The second-order valence-electron chi connectivity index (χ2n) is 10.7. The Hall–Kier alpha value is -4.08. The molecule has 0 N–H and O–H groups in total. The highest BCUT2D eigenvalue weighted by Crippen LogP contribution is 2.65. The van der Waals surface area contributed by atoms with Gasteiger partial charge >= 0.3 is 95.4 Å². The lowest BCUT2D eigenvalue weighted by Gasteiger charge is -2.41. The predicted molar refractivity (Wildman–Crippen MR) is 118 cm³/mol. The first-order chi connectivity index (χ1) is 25.8. The van der Waals surface area contributed by atoms with Crippen molar-refractivity contribution in [2.75, 3.05) is 0 Å². The highest BCUT2D eigenvalue weighted by atomic mass is 19.4. The topological polar surface area (TPSA) is 18.5 Å². The summed E-state index contributed by atoms with van der Waals surface area (Å²) in [5, 5.41) is 0. The van der Waals surface area contributed by atoms with Crippen LogP contribution in [-0.2, 0) is 0 Å². The molecular weight excluding hydrogens is 966 g/mol. The van der Waals surface area contributed by atoms with E-state index in [-0.39, 0.29) is 18.2 Å². The highest BCUT2D eigenvalue weighted by molar-refractivity contribution is 5.35. The van der Waals surface area contributed by atoms with E-state index in [0.717, 1.165) is 0 Å². The predicted octanol–water partition coefficient (Wildman–Crippen LogP) is 13.4. The highest BCUT2D eigenvalue weighted by Gasteiger charge is 2.95. The van der Waals surface area contributed by atoms with Crippen LogP contribution in [0.4, 0.5) is 149 Å². The number of allylic oxidation sites excluding steroid dienone is 2. The first-order valence-corrected chi connectivity index (χ1v) is 13.1. The van der Waals surface area contributed by atoms with Crippen molar-refractivity contribution in [2.45, 2.75) is 83.4 Å². The van der Waals surface area contributed by atoms with E-state index >= 15 is 0 Å². The lowest BCUT2D eigenvalue weighted by molar-refractivity contribution is -0.451. The molecular formula is C24H4F34O2. The number of ether oxygens (including phenoxy) is 2. The molecule has 1 aromatic rings. The van der Waals surface area contributed by atoms with E-state index in [0.29, 0.717) is 0 Å². The largest absolute Gasteiger partial charge is 0.460 e. The van der Waals surface area contributed by atoms with Gasteiger partial charge in [-0.25, -0.2) is 0 Å². The summed E-state index contributed by atoms with van der Waals surface area (Å²) in [6, 6.07) is -9.86. The molecule has 350 valence electrons. The molecule has 1 aromatic carbocycles. The fourth-order valence-electron chi connectivity index (χ4n) is 3.35. The average molecular weight is 970 g/mol. The van der Waals surface area contributed by atoms with E-state index in [2.05, 4.69) is 9.47 Å². The molecule has 1 rings (SSSR count). The summed E-state index contributed by atoms with van der Waals surface area (Å²) in [4.78, 5) is 0. The average Bonchev–Trinajstić information content (AvgIpc) is 3.05. The molecule has 0 unspecified atom stereocenters. The molecule has 0 atom stereocenters. The van der Waals surface area contributed by atoms with E-state index in [1.165, 1.54) is 0 Å². The molecule has 0 bridgehead atoms. The summed E-state index contributed by atoms with van der Waals surface area (Å²) in [6.07, 6.45) is -16.1. The van der Waals surface area contributed by atoms with Crippen molar-refractivity contribution in [1.29, 1.82) is 0 Å². The van der Waals surface area contributed by atoms with Crippen molar-refractivity contribution < 1.29 is 159 Å². The molecule has 60 heavy (non-hydrogen) atoms. The maximum atomic E-state index is 14.0. The zero-order valence-corrected chi connectivity index (χ0v) is 26.0. The minimum atomic E-state index is -9.02. The van der Waals surface area contributed by atoms with Crippen LogP contribution in [0.15, 0.2) is 47.9 Å². The normalized spacial score (nSPS) is 16.7. The number of halogens is 34. The van der Waals surface area contributed by atoms with Gasteiger partial charge < -0.3 is 9.47 Å². The van der Waals surface area contributed by atoms with Crippen molar-refractivity contribution in [3.63, 3.8) is 0 Å². The number of rotatable bonds is 16. The van der Waals surface area contributed by atoms with Gasteiger partial charge in [0, 0.05) is 6.07 Å². The SMILES string of the molecule is FC(Oc1cccc(OC(F)=C(F)C(F)(F)C(F)(F)C(F)(F)C(F)(F)C(F)(F)C(F)(F)C(F)(F)F)c1)=C(F)C(F)(F)C(F)(F)C(F)(F)C(F)(F)C(F)(F)C(F)(F)C(F)(F)F. The Morgan fingerprint density at radius 2 is 0.500 bits per heavy atom. The Morgan fingerprint density at radius 1 is 0.300 bits per heavy atom. The van der Waals surface area contributed by atoms with E-state index in [9.17, 15) is 149 Å². The lowest BCUT2D eigenvalue weighted by atomic mass is 9.91. The van der Waals surface area contributed by atoms with Crippen LogP contribution in [0.2, 0.25) is 0 Å². The van der Waals surface area contributed by atoms with Crippen LogP contribution in [0, 0.1) is 0 Å². The molecule has 0 aliphatic rings. The zero-order chi connectivity index (χ0) is 48.7. The quantitative estimate of drug-likeness (QED) is 0.121. The Balaban J connectivity index is 3.67. The summed E-state index contributed by atoms with van der Waals surface area (Å²) in [6.45, 7) is 0. The third-order valence-corrected chi connectivity index (χ3v) is 6.77. The van der Waals surface area contributed by atoms with Crippen LogP contribution >= 0.6 is 0 Å². The van der Waals surface area contributed by atoms with Gasteiger partial charge in [-0.15, -0.1) is 0 Å². The molecule has 0 aromatic heterocycles. The maximum Gasteiger partial charge on any atom is 0.460 e. The Kier molecular flexibility index (Phi) is 13.3. The van der Waals surface area contributed by atoms with Gasteiger partial charge in [0.05, 0.1) is 0 Å². The molecule has 0 spiro atoms. The monoisotopic (exact) mass is 970 g/mol. The molecule has 2 nitrogen and oxygen atoms in total. The van der Waals surface area contributed by atoms with Gasteiger partial charge in [0.25, 0.3) is 0 Å². The van der Waals surface area contributed by atoms with E-state index in [1.807, 2.05) is 0 Å². The van der Waals surface area contributed by atoms with Crippen LogP contribution in [0.25, 0.3) is 0 Å². The van der Waals surface area contributed by atoms with E-state index in [4.69, 9.17) is 0 Å². The molecule has 0 saturated carbocycles. The van der Waals surface area contributed by atoms with Crippen LogP contribution in [0.1, 0.15) is 0 Å². The molecule has 0 heterocycles. The zero-order valence-electron chi connectivity index (χ0n) is 26.0. The lowest BCUT2D eigenvalue weighted by Crippen LogP contribution is -2.72. The molecule has 0 aliphatic heterocycles. The molecule has 0 aliphatic carbocycles. The molecule has 0 saturated heterocycles. The van der Waals surface area contributed by atoms with Gasteiger partial charge in [-0.05, 0) is 12.1 Å². The summed E-state index contributed by atoms with van der Waals surface area (Å²) in [5.41, 5.74) is 0. The summed E-state index contributed by atoms with van der Waals surface area (Å²) in [7, 11) is 0. The number of hydrogen-bond acceptors (Lipinski definition) is 2. The van der Waals surface area contributed by atoms with Crippen LogP contribution in [0.5, 0.6) is 11.5 Å². The van der Waals surface area contributed by atoms with Gasteiger partial charge in [0.2, 0.25) is 11.7 Å². The Bertz CT molecular complexity index is 1670. The van der Waals surface area contributed by atoms with E-state index in [1.54, 1.807) is 0 Å². The fraction of sp³-hybridized carbons (Fsp3) is 0.583. The molecule has 0 radical (unpaired) electrons. The second kappa shape index (κ2) is 14.8. The van der Waals surface area contributed by atoms with Gasteiger partial charge in [-0.1, -0.05) is 6.07 Å². The maximum absolute atomic E-state index is 14.0. The second-order valence-corrected chi connectivity index (χ2v) is 10.7. The van der Waals surface area contributed by atoms with Gasteiger partial charge in [0.15, 0.2) is 0 Å². The van der Waals surface area contributed by atoms with E-state index < -0.39 is 125 Å². The van der Waals surface area contributed by atoms with Crippen molar-refractivity contribution in [1.82, 2.24) is 0 Å². The van der Waals surface area contributed by atoms with Crippen molar-refractivity contribution >= 4 is 0 Å². The Morgan fingerprint density at radius 3 is 0.717 bits per heavy atom. The van der Waals surface area contributed by atoms with Crippen LogP contribution in [-0.4, -0.2) is 83.4 Å².